The Bertz CT molecular complexity index is 811. The fraction of sp³-hybridized carbons (Fsp3) is 0.125. The molecule has 3 rings (SSSR count). The summed E-state index contributed by atoms with van der Waals surface area (Å²) in [6, 6.07) is 9.54. The molecule has 124 valence electrons. The number of carbonyl (C=O) groups is 2. The van der Waals surface area contributed by atoms with E-state index in [9.17, 15) is 9.59 Å². The van der Waals surface area contributed by atoms with Crippen LogP contribution in [0, 0.1) is 0 Å². The molecule has 2 aromatic carbocycles. The molecule has 8 heteroatoms. The van der Waals surface area contributed by atoms with E-state index >= 15 is 0 Å². The minimum absolute atomic E-state index is 0.157. The van der Waals surface area contributed by atoms with Gasteiger partial charge in [-0.05, 0) is 30.3 Å². The average molecular weight is 367 g/mol. The van der Waals surface area contributed by atoms with Gasteiger partial charge in [0.25, 0.3) is 5.91 Å². The molecule has 0 unspecified atom stereocenters. The Morgan fingerprint density at radius 1 is 1.04 bits per heavy atom. The largest absolute Gasteiger partial charge is 0.454 e. The number of carbonyl (C=O) groups excluding carboxylic acids is 2. The van der Waals surface area contributed by atoms with E-state index in [4.69, 9.17) is 32.7 Å². The number of benzene rings is 2. The summed E-state index contributed by atoms with van der Waals surface area (Å²) >= 11 is 11.7. The van der Waals surface area contributed by atoms with Crippen molar-refractivity contribution in [3.05, 3.63) is 52.0 Å². The van der Waals surface area contributed by atoms with Crippen LogP contribution in [-0.4, -0.2) is 25.2 Å². The summed E-state index contributed by atoms with van der Waals surface area (Å²) in [6.07, 6.45) is 0. The molecule has 2 amide bonds. The van der Waals surface area contributed by atoms with E-state index in [0.29, 0.717) is 22.2 Å². The average Bonchev–Trinajstić information content (AvgIpc) is 3.00. The van der Waals surface area contributed by atoms with Crippen LogP contribution in [-0.2, 0) is 4.79 Å². The number of hydrogen-bond acceptors (Lipinski definition) is 4. The van der Waals surface area contributed by atoms with Crippen molar-refractivity contribution < 1.29 is 19.1 Å². The van der Waals surface area contributed by atoms with E-state index < -0.39 is 5.91 Å². The topological polar surface area (TPSA) is 76.7 Å². The second-order valence-corrected chi connectivity index (χ2v) is 5.77. The minimum atomic E-state index is -0.461. The summed E-state index contributed by atoms with van der Waals surface area (Å²) in [5.74, 6) is 0.341. The molecular formula is C16H12Cl2N2O4. The van der Waals surface area contributed by atoms with Crippen molar-refractivity contribution in [2.24, 2.45) is 0 Å². The van der Waals surface area contributed by atoms with E-state index in [1.807, 2.05) is 0 Å². The van der Waals surface area contributed by atoms with Gasteiger partial charge in [0.1, 0.15) is 0 Å². The molecule has 0 spiro atoms. The van der Waals surface area contributed by atoms with Gasteiger partial charge in [-0.25, -0.2) is 0 Å². The third-order valence-electron chi connectivity index (χ3n) is 3.24. The lowest BCUT2D eigenvalue weighted by molar-refractivity contribution is -0.115. The van der Waals surface area contributed by atoms with E-state index in [0.717, 1.165) is 0 Å². The van der Waals surface area contributed by atoms with Crippen LogP contribution in [0.2, 0.25) is 10.0 Å². The monoisotopic (exact) mass is 366 g/mol. The van der Waals surface area contributed by atoms with Crippen LogP contribution in [0.15, 0.2) is 36.4 Å². The van der Waals surface area contributed by atoms with Gasteiger partial charge in [-0.1, -0.05) is 23.2 Å². The van der Waals surface area contributed by atoms with E-state index in [1.165, 1.54) is 12.1 Å². The van der Waals surface area contributed by atoms with Crippen molar-refractivity contribution in [3.8, 4) is 11.5 Å². The van der Waals surface area contributed by atoms with Gasteiger partial charge >= 0.3 is 0 Å². The lowest BCUT2D eigenvalue weighted by Crippen LogP contribution is -2.33. The molecule has 24 heavy (non-hydrogen) atoms. The first-order valence-corrected chi connectivity index (χ1v) is 7.71. The number of anilines is 1. The predicted molar refractivity (Wildman–Crippen MR) is 90.0 cm³/mol. The molecule has 6 nitrogen and oxygen atoms in total. The molecule has 1 heterocycles. The third kappa shape index (κ3) is 3.72. The molecule has 0 bridgehead atoms. The summed E-state index contributed by atoms with van der Waals surface area (Å²) in [5, 5.41) is 5.80. The van der Waals surface area contributed by atoms with Crippen LogP contribution in [0.25, 0.3) is 0 Å². The first-order valence-electron chi connectivity index (χ1n) is 6.95. The Morgan fingerprint density at radius 2 is 1.83 bits per heavy atom. The molecule has 0 aliphatic carbocycles. The minimum Gasteiger partial charge on any atom is -0.454 e. The lowest BCUT2D eigenvalue weighted by Gasteiger charge is -2.08. The Labute approximate surface area is 147 Å². The Hall–Kier alpha value is -2.44. The molecule has 2 N–H and O–H groups in total. The van der Waals surface area contributed by atoms with Gasteiger partial charge in [-0.15, -0.1) is 0 Å². The Kier molecular flexibility index (Phi) is 4.78. The highest BCUT2D eigenvalue weighted by atomic mass is 35.5. The highest BCUT2D eigenvalue weighted by molar-refractivity contribution is 6.36. The lowest BCUT2D eigenvalue weighted by atomic mass is 10.2. The SMILES string of the molecule is O=C(CNC(=O)c1ccc(Cl)cc1Cl)Nc1ccc2c(c1)OCO2. The fourth-order valence-electron chi connectivity index (χ4n) is 2.11. The molecule has 0 fully saturated rings. The molecule has 2 aromatic rings. The smallest absolute Gasteiger partial charge is 0.253 e. The Balaban J connectivity index is 1.56. The van der Waals surface area contributed by atoms with Gasteiger partial charge < -0.3 is 20.1 Å². The van der Waals surface area contributed by atoms with Gasteiger partial charge in [-0.3, -0.25) is 9.59 Å². The van der Waals surface area contributed by atoms with E-state index in [-0.39, 0.29) is 29.8 Å². The van der Waals surface area contributed by atoms with Crippen molar-refractivity contribution in [2.45, 2.75) is 0 Å². The zero-order chi connectivity index (χ0) is 17.1. The normalized spacial score (nSPS) is 11.9. The van der Waals surface area contributed by atoms with Crippen molar-refractivity contribution in [3.63, 3.8) is 0 Å². The van der Waals surface area contributed by atoms with Crippen LogP contribution in [0.4, 0.5) is 5.69 Å². The number of halogens is 2. The van der Waals surface area contributed by atoms with Crippen LogP contribution in [0.1, 0.15) is 10.4 Å². The van der Waals surface area contributed by atoms with Gasteiger partial charge in [-0.2, -0.15) is 0 Å². The van der Waals surface area contributed by atoms with Crippen molar-refractivity contribution in [2.75, 3.05) is 18.7 Å². The highest BCUT2D eigenvalue weighted by Gasteiger charge is 2.15. The predicted octanol–water partition coefficient (Wildman–Crippen LogP) is 3.09. The number of nitrogens with one attached hydrogen (secondary N) is 2. The standard InChI is InChI=1S/C16H12Cl2N2O4/c17-9-1-3-11(12(18)5-9)16(22)19-7-15(21)20-10-2-4-13-14(6-10)24-8-23-13/h1-6H,7-8H2,(H,19,22)(H,20,21). The number of amides is 2. The first kappa shape index (κ1) is 16.4. The summed E-state index contributed by atoms with van der Waals surface area (Å²) in [7, 11) is 0. The number of rotatable bonds is 4. The summed E-state index contributed by atoms with van der Waals surface area (Å²) in [5.41, 5.74) is 0.792. The zero-order valence-electron chi connectivity index (χ0n) is 12.3. The van der Waals surface area contributed by atoms with Crippen LogP contribution >= 0.6 is 23.2 Å². The van der Waals surface area contributed by atoms with Crippen LogP contribution in [0.5, 0.6) is 11.5 Å². The maximum absolute atomic E-state index is 12.0. The molecule has 1 aliphatic heterocycles. The van der Waals surface area contributed by atoms with Gasteiger partial charge in [0.05, 0.1) is 17.1 Å². The van der Waals surface area contributed by atoms with Gasteiger partial charge in [0.15, 0.2) is 11.5 Å². The van der Waals surface area contributed by atoms with Gasteiger partial charge in [0, 0.05) is 16.8 Å². The first-order chi connectivity index (χ1) is 11.5. The summed E-state index contributed by atoms with van der Waals surface area (Å²) in [6.45, 7) is -0.0448. The van der Waals surface area contributed by atoms with E-state index in [1.54, 1.807) is 24.3 Å². The molecular weight excluding hydrogens is 355 g/mol. The van der Waals surface area contributed by atoms with Crippen molar-refractivity contribution in [1.82, 2.24) is 5.32 Å². The molecule has 1 aliphatic rings. The summed E-state index contributed by atoms with van der Waals surface area (Å²) < 4.78 is 10.4. The quantitative estimate of drug-likeness (QED) is 0.871. The molecule has 0 saturated carbocycles. The third-order valence-corrected chi connectivity index (χ3v) is 3.79. The molecule has 0 aromatic heterocycles. The number of ether oxygens (including phenoxy) is 2. The zero-order valence-corrected chi connectivity index (χ0v) is 13.8. The fourth-order valence-corrected chi connectivity index (χ4v) is 2.60. The number of fused-ring (bicyclic) bond motifs is 1. The highest BCUT2D eigenvalue weighted by Crippen LogP contribution is 2.34. The second-order valence-electron chi connectivity index (χ2n) is 4.92. The number of hydrogen-bond donors (Lipinski definition) is 2. The molecule has 0 radical (unpaired) electrons. The van der Waals surface area contributed by atoms with Crippen LogP contribution in [0.3, 0.4) is 0 Å². The van der Waals surface area contributed by atoms with Crippen molar-refractivity contribution >= 4 is 40.7 Å². The van der Waals surface area contributed by atoms with Gasteiger partial charge in [0.2, 0.25) is 12.7 Å². The van der Waals surface area contributed by atoms with Crippen molar-refractivity contribution in [1.29, 1.82) is 0 Å². The molecule has 0 atom stereocenters. The molecule has 0 saturated heterocycles. The second kappa shape index (κ2) is 6.98. The van der Waals surface area contributed by atoms with E-state index in [2.05, 4.69) is 10.6 Å². The maximum Gasteiger partial charge on any atom is 0.253 e. The van der Waals surface area contributed by atoms with Crippen LogP contribution < -0.4 is 20.1 Å². The Morgan fingerprint density at radius 3 is 2.62 bits per heavy atom. The summed E-state index contributed by atoms with van der Waals surface area (Å²) in [4.78, 5) is 24.0. The maximum atomic E-state index is 12.0.